The molecule has 0 spiro atoms. The summed E-state index contributed by atoms with van der Waals surface area (Å²) in [6, 6.07) is 0. The van der Waals surface area contributed by atoms with Gasteiger partial charge in [-0.2, -0.15) is 4.31 Å². The Morgan fingerprint density at radius 3 is 2.48 bits per heavy atom. The summed E-state index contributed by atoms with van der Waals surface area (Å²) < 4.78 is 26.2. The van der Waals surface area contributed by atoms with Gasteiger partial charge >= 0.3 is 5.97 Å². The van der Waals surface area contributed by atoms with Crippen LogP contribution in [0.15, 0.2) is 10.3 Å². The van der Waals surface area contributed by atoms with Gasteiger partial charge in [-0.15, -0.1) is 11.3 Å². The van der Waals surface area contributed by atoms with E-state index in [0.29, 0.717) is 12.1 Å². The lowest BCUT2D eigenvalue weighted by atomic mass is 10.3. The Labute approximate surface area is 127 Å². The number of carbonyl (C=O) groups excluding carboxylic acids is 1. The van der Waals surface area contributed by atoms with Crippen LogP contribution < -0.4 is 5.32 Å². The Kier molecular flexibility index (Phi) is 5.87. The molecular weight excluding hydrogens is 316 g/mol. The number of rotatable bonds is 7. The predicted molar refractivity (Wildman–Crippen MR) is 79.1 cm³/mol. The Balaban J connectivity index is 3.22. The van der Waals surface area contributed by atoms with Crippen molar-refractivity contribution in [1.82, 2.24) is 9.62 Å². The molecule has 0 saturated heterocycles. The zero-order chi connectivity index (χ0) is 16.2. The summed E-state index contributed by atoms with van der Waals surface area (Å²) in [6.07, 6.45) is 0. The molecule has 0 aliphatic heterocycles. The fourth-order valence-electron chi connectivity index (χ4n) is 1.81. The summed E-state index contributed by atoms with van der Waals surface area (Å²) in [5, 5.41) is 13.1. The van der Waals surface area contributed by atoms with Crippen LogP contribution in [0.2, 0.25) is 0 Å². The second kappa shape index (κ2) is 7.01. The van der Waals surface area contributed by atoms with Gasteiger partial charge < -0.3 is 10.4 Å². The lowest BCUT2D eigenvalue weighted by Crippen LogP contribution is -2.40. The highest BCUT2D eigenvalue weighted by Gasteiger charge is 2.32. The topological polar surface area (TPSA) is 104 Å². The number of likely N-dealkylation sites (N-methyl/N-ethyl adjacent to an activating group) is 2. The monoisotopic (exact) mass is 334 g/mol. The van der Waals surface area contributed by atoms with Gasteiger partial charge in [0.1, 0.15) is 9.77 Å². The number of thiophene rings is 1. The van der Waals surface area contributed by atoms with Crippen LogP contribution in [0.4, 0.5) is 0 Å². The van der Waals surface area contributed by atoms with Crippen LogP contribution in [-0.4, -0.2) is 49.3 Å². The minimum absolute atomic E-state index is 0.0772. The molecule has 1 amide bonds. The molecule has 1 rings (SSSR count). The van der Waals surface area contributed by atoms with Crippen molar-refractivity contribution in [2.75, 3.05) is 19.6 Å². The number of aryl methyl sites for hydroxylation is 1. The average Bonchev–Trinajstić information content (AvgIpc) is 2.78. The smallest absolute Gasteiger partial charge is 0.347 e. The number of carbonyl (C=O) groups is 2. The summed E-state index contributed by atoms with van der Waals surface area (Å²) in [7, 11) is -4.03. The third-order valence-corrected chi connectivity index (χ3v) is 6.08. The van der Waals surface area contributed by atoms with Crippen molar-refractivity contribution >= 4 is 33.2 Å². The highest BCUT2D eigenvalue weighted by atomic mass is 32.2. The molecule has 0 saturated carbocycles. The molecule has 1 heterocycles. The van der Waals surface area contributed by atoms with Gasteiger partial charge in [0.05, 0.1) is 6.54 Å². The van der Waals surface area contributed by atoms with Gasteiger partial charge in [0.25, 0.3) is 0 Å². The lowest BCUT2D eigenvalue weighted by molar-refractivity contribution is -0.121. The van der Waals surface area contributed by atoms with Crippen LogP contribution in [-0.2, 0) is 14.8 Å². The number of carboxylic acids is 1. The van der Waals surface area contributed by atoms with Crippen molar-refractivity contribution in [1.29, 1.82) is 0 Å². The normalized spacial score (nSPS) is 11.6. The molecule has 0 aromatic carbocycles. The second-order valence-corrected chi connectivity index (χ2v) is 7.02. The first kappa shape index (κ1) is 17.6. The molecule has 2 N–H and O–H groups in total. The van der Waals surface area contributed by atoms with E-state index in [-0.39, 0.29) is 22.9 Å². The summed E-state index contributed by atoms with van der Waals surface area (Å²) in [6.45, 7) is 5.01. The molecule has 0 aliphatic carbocycles. The first-order chi connectivity index (χ1) is 9.75. The number of aromatic carboxylic acids is 1. The van der Waals surface area contributed by atoms with E-state index in [1.165, 1.54) is 12.3 Å². The molecule has 0 atom stereocenters. The highest BCUT2D eigenvalue weighted by Crippen LogP contribution is 2.29. The fraction of sp³-hybridized carbons (Fsp3) is 0.500. The third kappa shape index (κ3) is 3.80. The highest BCUT2D eigenvalue weighted by molar-refractivity contribution is 7.89. The molecular formula is C12H18N2O5S2. The number of carboxylic acid groups (broad SMARTS) is 1. The second-order valence-electron chi connectivity index (χ2n) is 4.27. The van der Waals surface area contributed by atoms with Crippen molar-refractivity contribution in [3.63, 3.8) is 0 Å². The van der Waals surface area contributed by atoms with Crippen molar-refractivity contribution < 1.29 is 23.1 Å². The lowest BCUT2D eigenvalue weighted by Gasteiger charge is -2.20. The molecule has 0 unspecified atom stereocenters. The van der Waals surface area contributed by atoms with Gasteiger partial charge in [0.15, 0.2) is 0 Å². The van der Waals surface area contributed by atoms with Gasteiger partial charge in [-0.3, -0.25) is 4.79 Å². The number of hydrogen-bond donors (Lipinski definition) is 2. The van der Waals surface area contributed by atoms with Gasteiger partial charge in [0, 0.05) is 13.1 Å². The van der Waals surface area contributed by atoms with Crippen LogP contribution in [0.25, 0.3) is 0 Å². The van der Waals surface area contributed by atoms with Crippen LogP contribution in [0.5, 0.6) is 0 Å². The first-order valence-corrected chi connectivity index (χ1v) is 8.65. The van der Waals surface area contributed by atoms with Crippen LogP contribution in [0.1, 0.15) is 29.1 Å². The van der Waals surface area contributed by atoms with Crippen LogP contribution in [0.3, 0.4) is 0 Å². The van der Waals surface area contributed by atoms with E-state index in [1.54, 1.807) is 13.8 Å². The van der Waals surface area contributed by atoms with Gasteiger partial charge in [-0.25, -0.2) is 13.2 Å². The summed E-state index contributed by atoms with van der Waals surface area (Å²) in [5.41, 5.74) is 0.367. The van der Waals surface area contributed by atoms with Gasteiger partial charge in [-0.1, -0.05) is 6.92 Å². The number of amides is 1. The number of nitrogens with zero attached hydrogens (tertiary/aromatic N) is 1. The Hall–Kier alpha value is -1.45. The average molecular weight is 334 g/mol. The zero-order valence-electron chi connectivity index (χ0n) is 12.0. The maximum Gasteiger partial charge on any atom is 0.347 e. The van der Waals surface area contributed by atoms with E-state index in [0.717, 1.165) is 15.6 Å². The minimum atomic E-state index is -4.03. The molecule has 0 radical (unpaired) electrons. The Bertz CT molecular complexity index is 636. The summed E-state index contributed by atoms with van der Waals surface area (Å²) >= 11 is 0.862. The first-order valence-electron chi connectivity index (χ1n) is 6.33. The molecule has 118 valence electrons. The molecule has 0 bridgehead atoms. The predicted octanol–water partition coefficient (Wildman–Crippen LogP) is 0.901. The van der Waals surface area contributed by atoms with Crippen LogP contribution in [0, 0.1) is 6.92 Å². The summed E-state index contributed by atoms with van der Waals surface area (Å²) in [4.78, 5) is 22.3. The largest absolute Gasteiger partial charge is 0.477 e. The number of sulfonamides is 1. The van der Waals surface area contributed by atoms with Gasteiger partial charge in [-0.05, 0) is 24.8 Å². The molecule has 0 fully saturated rings. The van der Waals surface area contributed by atoms with Crippen molar-refractivity contribution in [2.45, 2.75) is 25.7 Å². The van der Waals surface area contributed by atoms with Gasteiger partial charge in [0.2, 0.25) is 15.9 Å². The molecule has 1 aromatic rings. The van der Waals surface area contributed by atoms with E-state index in [2.05, 4.69) is 5.32 Å². The van der Waals surface area contributed by atoms with E-state index >= 15 is 0 Å². The fourth-order valence-corrected chi connectivity index (χ4v) is 4.80. The maximum absolute atomic E-state index is 12.6. The molecule has 21 heavy (non-hydrogen) atoms. The molecule has 7 nitrogen and oxygen atoms in total. The third-order valence-electron chi connectivity index (χ3n) is 2.76. The number of nitrogens with one attached hydrogen (secondary N) is 1. The van der Waals surface area contributed by atoms with Crippen molar-refractivity contribution in [2.24, 2.45) is 0 Å². The SMILES string of the molecule is CCNC(=O)CN(CC)S(=O)(=O)c1c(C)csc1C(=O)O. The van der Waals surface area contributed by atoms with E-state index in [9.17, 15) is 18.0 Å². The quantitative estimate of drug-likeness (QED) is 0.771. The van der Waals surface area contributed by atoms with Crippen molar-refractivity contribution in [3.05, 3.63) is 15.8 Å². The van der Waals surface area contributed by atoms with E-state index < -0.39 is 21.9 Å². The molecule has 1 aromatic heterocycles. The zero-order valence-corrected chi connectivity index (χ0v) is 13.7. The Morgan fingerprint density at radius 1 is 1.38 bits per heavy atom. The van der Waals surface area contributed by atoms with Crippen molar-refractivity contribution in [3.8, 4) is 0 Å². The Morgan fingerprint density at radius 2 is 2.00 bits per heavy atom. The van der Waals surface area contributed by atoms with E-state index in [4.69, 9.17) is 5.11 Å². The van der Waals surface area contributed by atoms with E-state index in [1.807, 2.05) is 0 Å². The minimum Gasteiger partial charge on any atom is -0.477 e. The van der Waals surface area contributed by atoms with Crippen LogP contribution >= 0.6 is 11.3 Å². The number of hydrogen-bond acceptors (Lipinski definition) is 5. The maximum atomic E-state index is 12.6. The molecule has 9 heteroatoms. The molecule has 0 aliphatic rings. The standard InChI is InChI=1S/C12H18N2O5S2/c1-4-13-9(15)6-14(5-2)21(18,19)11-8(3)7-20-10(11)12(16)17/h7H,4-6H2,1-3H3,(H,13,15)(H,16,17). The summed E-state index contributed by atoms with van der Waals surface area (Å²) in [5.74, 6) is -1.71.